The molecule has 1 aromatic rings. The molecule has 4 heteroatoms. The fourth-order valence-electron chi connectivity index (χ4n) is 2.86. The van der Waals surface area contributed by atoms with Crippen LogP contribution in [0.5, 0.6) is 5.88 Å². The maximum absolute atomic E-state index is 5.59. The lowest BCUT2D eigenvalue weighted by atomic mass is 10.1. The van der Waals surface area contributed by atoms with E-state index in [4.69, 9.17) is 4.74 Å². The average Bonchev–Trinajstić information content (AvgIpc) is 2.66. The summed E-state index contributed by atoms with van der Waals surface area (Å²) in [6.45, 7) is 7.01. The van der Waals surface area contributed by atoms with Crippen molar-refractivity contribution in [3.05, 3.63) is 11.9 Å². The first-order chi connectivity index (χ1) is 10.2. The lowest BCUT2D eigenvalue weighted by molar-refractivity contribution is 0.324. The first-order valence-corrected chi connectivity index (χ1v) is 8.44. The van der Waals surface area contributed by atoms with Gasteiger partial charge in [-0.05, 0) is 25.7 Å². The van der Waals surface area contributed by atoms with Crippen molar-refractivity contribution in [3.63, 3.8) is 0 Å². The first-order valence-electron chi connectivity index (χ1n) is 8.44. The van der Waals surface area contributed by atoms with Crippen LogP contribution in [0.25, 0.3) is 0 Å². The number of nitrogens with one attached hydrogen (secondary N) is 1. The molecule has 0 spiro atoms. The number of nitrogens with zero attached hydrogens (tertiary/aromatic N) is 2. The summed E-state index contributed by atoms with van der Waals surface area (Å²) in [7, 11) is 0. The van der Waals surface area contributed by atoms with Gasteiger partial charge < -0.3 is 10.1 Å². The van der Waals surface area contributed by atoms with Crippen LogP contribution in [0.4, 0.5) is 5.82 Å². The summed E-state index contributed by atoms with van der Waals surface area (Å²) in [4.78, 5) is 9.18. The van der Waals surface area contributed by atoms with Gasteiger partial charge in [-0.15, -0.1) is 0 Å². The molecule has 21 heavy (non-hydrogen) atoms. The highest BCUT2D eigenvalue weighted by Gasteiger charge is 2.14. The normalized spacial score (nSPS) is 16.8. The van der Waals surface area contributed by atoms with Crippen molar-refractivity contribution in [1.82, 2.24) is 9.97 Å². The molecule has 0 aromatic carbocycles. The minimum atomic E-state index is 0.545. The van der Waals surface area contributed by atoms with Gasteiger partial charge in [0.15, 0.2) is 0 Å². The van der Waals surface area contributed by atoms with Crippen LogP contribution in [0.1, 0.15) is 65.1 Å². The van der Waals surface area contributed by atoms with Crippen molar-refractivity contribution in [2.75, 3.05) is 11.9 Å². The molecular formula is C17H29N3O. The second-order valence-electron chi connectivity index (χ2n) is 6.37. The van der Waals surface area contributed by atoms with E-state index in [9.17, 15) is 0 Å². The zero-order valence-corrected chi connectivity index (χ0v) is 13.7. The summed E-state index contributed by atoms with van der Waals surface area (Å²) in [6.07, 6.45) is 8.75. The van der Waals surface area contributed by atoms with Gasteiger partial charge in [0.1, 0.15) is 11.6 Å². The van der Waals surface area contributed by atoms with E-state index in [1.807, 2.05) is 13.0 Å². The van der Waals surface area contributed by atoms with Gasteiger partial charge in [-0.1, -0.05) is 39.5 Å². The molecule has 0 radical (unpaired) electrons. The maximum atomic E-state index is 5.59. The minimum Gasteiger partial charge on any atom is -0.478 e. The van der Waals surface area contributed by atoms with E-state index < -0.39 is 0 Å². The van der Waals surface area contributed by atoms with E-state index in [0.717, 1.165) is 18.1 Å². The zero-order valence-electron chi connectivity index (χ0n) is 13.7. The molecule has 0 bridgehead atoms. The van der Waals surface area contributed by atoms with Crippen LogP contribution in [-0.2, 0) is 6.42 Å². The van der Waals surface area contributed by atoms with Gasteiger partial charge in [0.2, 0.25) is 5.88 Å². The highest BCUT2D eigenvalue weighted by atomic mass is 16.5. The molecule has 0 aliphatic heterocycles. The Balaban J connectivity index is 2.10. The van der Waals surface area contributed by atoms with Crippen molar-refractivity contribution >= 4 is 5.82 Å². The van der Waals surface area contributed by atoms with Crippen molar-refractivity contribution in [2.24, 2.45) is 5.92 Å². The molecular weight excluding hydrogens is 262 g/mol. The second-order valence-corrected chi connectivity index (χ2v) is 6.37. The van der Waals surface area contributed by atoms with Crippen LogP contribution < -0.4 is 10.1 Å². The quantitative estimate of drug-likeness (QED) is 0.798. The number of hydrogen-bond donors (Lipinski definition) is 1. The zero-order chi connectivity index (χ0) is 15.1. The second kappa shape index (κ2) is 8.20. The third kappa shape index (κ3) is 5.52. The van der Waals surface area contributed by atoms with Crippen LogP contribution in [-0.4, -0.2) is 22.6 Å². The molecule has 0 saturated heterocycles. The number of aromatic nitrogens is 2. The van der Waals surface area contributed by atoms with Gasteiger partial charge in [0.25, 0.3) is 0 Å². The summed E-state index contributed by atoms with van der Waals surface area (Å²) in [5.74, 6) is 3.05. The topological polar surface area (TPSA) is 47.0 Å². The number of anilines is 1. The van der Waals surface area contributed by atoms with Crippen molar-refractivity contribution in [2.45, 2.75) is 71.8 Å². The Labute approximate surface area is 128 Å². The highest BCUT2D eigenvalue weighted by molar-refractivity contribution is 5.39. The monoisotopic (exact) mass is 291 g/mol. The SMILES string of the molecule is CCOc1cc(NC2CCCCCC2)nc(CC(C)C)n1. The third-order valence-corrected chi connectivity index (χ3v) is 3.84. The number of ether oxygens (including phenoxy) is 1. The highest BCUT2D eigenvalue weighted by Crippen LogP contribution is 2.22. The van der Waals surface area contributed by atoms with Gasteiger partial charge in [0, 0.05) is 18.5 Å². The van der Waals surface area contributed by atoms with Crippen LogP contribution in [0.2, 0.25) is 0 Å². The lowest BCUT2D eigenvalue weighted by Gasteiger charge is -2.18. The molecule has 2 rings (SSSR count). The molecule has 1 N–H and O–H groups in total. The van der Waals surface area contributed by atoms with E-state index in [2.05, 4.69) is 29.1 Å². The molecule has 1 aromatic heterocycles. The lowest BCUT2D eigenvalue weighted by Crippen LogP contribution is -2.20. The van der Waals surface area contributed by atoms with E-state index in [1.54, 1.807) is 0 Å². The van der Waals surface area contributed by atoms with Gasteiger partial charge in [0.05, 0.1) is 6.61 Å². The fourth-order valence-corrected chi connectivity index (χ4v) is 2.86. The van der Waals surface area contributed by atoms with Crippen LogP contribution in [0, 0.1) is 5.92 Å². The maximum Gasteiger partial charge on any atom is 0.218 e. The Hall–Kier alpha value is -1.32. The summed E-state index contributed by atoms with van der Waals surface area (Å²) >= 11 is 0. The molecule has 1 fully saturated rings. The largest absolute Gasteiger partial charge is 0.478 e. The predicted octanol–water partition coefficient (Wildman–Crippen LogP) is 4.21. The Morgan fingerprint density at radius 2 is 1.90 bits per heavy atom. The Bertz CT molecular complexity index is 426. The Morgan fingerprint density at radius 3 is 2.52 bits per heavy atom. The number of rotatable bonds is 6. The van der Waals surface area contributed by atoms with E-state index in [1.165, 1.54) is 38.5 Å². The molecule has 1 saturated carbocycles. The molecule has 0 amide bonds. The van der Waals surface area contributed by atoms with Gasteiger partial charge in [-0.25, -0.2) is 4.98 Å². The van der Waals surface area contributed by atoms with Crippen LogP contribution in [0.3, 0.4) is 0 Å². The molecule has 4 nitrogen and oxygen atoms in total. The number of hydrogen-bond acceptors (Lipinski definition) is 4. The summed E-state index contributed by atoms with van der Waals surface area (Å²) in [5.41, 5.74) is 0. The third-order valence-electron chi connectivity index (χ3n) is 3.84. The van der Waals surface area contributed by atoms with Crippen LogP contribution >= 0.6 is 0 Å². The summed E-state index contributed by atoms with van der Waals surface area (Å²) in [5, 5.41) is 3.60. The predicted molar refractivity (Wildman–Crippen MR) is 86.9 cm³/mol. The molecule has 1 aliphatic rings. The van der Waals surface area contributed by atoms with E-state index >= 15 is 0 Å². The molecule has 0 unspecified atom stereocenters. The van der Waals surface area contributed by atoms with Crippen molar-refractivity contribution in [1.29, 1.82) is 0 Å². The van der Waals surface area contributed by atoms with E-state index in [0.29, 0.717) is 24.4 Å². The first kappa shape index (κ1) is 16.1. The van der Waals surface area contributed by atoms with Crippen LogP contribution in [0.15, 0.2) is 6.07 Å². The van der Waals surface area contributed by atoms with Gasteiger partial charge in [-0.3, -0.25) is 0 Å². The molecule has 0 atom stereocenters. The standard InChI is InChI=1S/C17H29N3O/c1-4-21-17-12-16(19-15(20-17)11-13(2)3)18-14-9-7-5-6-8-10-14/h12-14H,4-11H2,1-3H3,(H,18,19,20). The smallest absolute Gasteiger partial charge is 0.218 e. The summed E-state index contributed by atoms with van der Waals surface area (Å²) < 4.78 is 5.59. The van der Waals surface area contributed by atoms with Crippen molar-refractivity contribution in [3.8, 4) is 5.88 Å². The van der Waals surface area contributed by atoms with Gasteiger partial charge >= 0.3 is 0 Å². The molecule has 118 valence electrons. The van der Waals surface area contributed by atoms with E-state index in [-0.39, 0.29) is 0 Å². The van der Waals surface area contributed by atoms with Crippen molar-refractivity contribution < 1.29 is 4.74 Å². The molecule has 1 aliphatic carbocycles. The minimum absolute atomic E-state index is 0.545. The fraction of sp³-hybridized carbons (Fsp3) is 0.765. The Kier molecular flexibility index (Phi) is 6.27. The summed E-state index contributed by atoms with van der Waals surface area (Å²) in [6, 6.07) is 2.49. The average molecular weight is 291 g/mol. The van der Waals surface area contributed by atoms with Gasteiger partial charge in [-0.2, -0.15) is 4.98 Å². The Morgan fingerprint density at radius 1 is 1.19 bits per heavy atom. The molecule has 1 heterocycles.